The van der Waals surface area contributed by atoms with Crippen molar-refractivity contribution in [2.45, 2.75) is 12.5 Å². The topological polar surface area (TPSA) is 104 Å². The molecular weight excluding hydrogens is 394 g/mol. The lowest BCUT2D eigenvalue weighted by molar-refractivity contribution is -0.130. The summed E-state index contributed by atoms with van der Waals surface area (Å²) in [4.78, 5) is 38.7. The average molecular weight is 415 g/mol. The molecule has 0 radical (unpaired) electrons. The minimum Gasteiger partial charge on any atom is -0.319 e. The third-order valence-electron chi connectivity index (χ3n) is 4.98. The summed E-state index contributed by atoms with van der Waals surface area (Å²) in [5.74, 6) is -0.935. The molecule has 0 unspecified atom stereocenters. The van der Waals surface area contributed by atoms with Gasteiger partial charge in [-0.15, -0.1) is 0 Å². The van der Waals surface area contributed by atoms with Crippen molar-refractivity contribution in [2.24, 2.45) is 0 Å². The van der Waals surface area contributed by atoms with Gasteiger partial charge in [-0.3, -0.25) is 18.8 Å². The zero-order valence-electron chi connectivity index (χ0n) is 16.2. The zero-order valence-corrected chi connectivity index (χ0v) is 17.1. The lowest BCUT2D eigenvalue weighted by atomic mass is 9.92. The van der Waals surface area contributed by atoms with Gasteiger partial charge in [0.25, 0.3) is 5.91 Å². The predicted molar refractivity (Wildman–Crippen MR) is 108 cm³/mol. The zero-order chi connectivity index (χ0) is 21.4. The molecule has 1 N–H and O–H groups in total. The van der Waals surface area contributed by atoms with Crippen LogP contribution in [0.15, 0.2) is 54.6 Å². The van der Waals surface area contributed by atoms with Gasteiger partial charge >= 0.3 is 6.03 Å². The van der Waals surface area contributed by atoms with Gasteiger partial charge in [0.05, 0.1) is 18.5 Å². The fourth-order valence-corrected chi connectivity index (χ4v) is 3.60. The highest BCUT2D eigenvalue weighted by molar-refractivity contribution is 7.92. The van der Waals surface area contributed by atoms with E-state index in [1.165, 1.54) is 31.3 Å². The Hall–Kier alpha value is -3.20. The first kappa shape index (κ1) is 20.5. The maximum atomic E-state index is 12.9. The number of hydrogen-bond acceptors (Lipinski definition) is 5. The number of imide groups is 1. The molecule has 1 fully saturated rings. The van der Waals surface area contributed by atoms with E-state index >= 15 is 0 Å². The van der Waals surface area contributed by atoms with Crippen LogP contribution in [-0.4, -0.2) is 50.9 Å². The van der Waals surface area contributed by atoms with Crippen LogP contribution in [0.3, 0.4) is 0 Å². The molecule has 2 aromatic rings. The SMILES string of the molecule is CN(c1ccc(C(=O)CN2C(=O)N[C@@](C)(c3ccccc3)C2=O)cc1)S(C)(=O)=O. The molecule has 1 atom stereocenters. The lowest BCUT2D eigenvalue weighted by Gasteiger charge is -2.22. The predicted octanol–water partition coefficient (Wildman–Crippen LogP) is 1.73. The quantitative estimate of drug-likeness (QED) is 0.572. The molecule has 1 aliphatic rings. The van der Waals surface area contributed by atoms with E-state index in [1.54, 1.807) is 37.3 Å². The molecule has 0 saturated carbocycles. The van der Waals surface area contributed by atoms with E-state index in [-0.39, 0.29) is 5.56 Å². The molecule has 1 saturated heterocycles. The Morgan fingerprint density at radius 3 is 2.21 bits per heavy atom. The number of urea groups is 1. The average Bonchev–Trinajstić information content (AvgIpc) is 2.91. The van der Waals surface area contributed by atoms with Gasteiger partial charge in [0, 0.05) is 12.6 Å². The van der Waals surface area contributed by atoms with E-state index in [2.05, 4.69) is 5.32 Å². The molecule has 3 amide bonds. The third-order valence-corrected chi connectivity index (χ3v) is 6.18. The van der Waals surface area contributed by atoms with Crippen LogP contribution >= 0.6 is 0 Å². The summed E-state index contributed by atoms with van der Waals surface area (Å²) < 4.78 is 24.3. The van der Waals surface area contributed by atoms with Crippen LogP contribution in [0.4, 0.5) is 10.5 Å². The number of rotatable bonds is 6. The van der Waals surface area contributed by atoms with Gasteiger partial charge in [0.15, 0.2) is 5.78 Å². The molecule has 0 aliphatic carbocycles. The standard InChI is InChI=1S/C20H21N3O5S/c1-20(15-7-5-4-6-8-15)18(25)23(19(26)21-20)13-17(24)14-9-11-16(12-10-14)22(2)29(3,27)28/h4-12H,13H2,1-3H3,(H,21,26)/t20-/m0/s1. The molecule has 29 heavy (non-hydrogen) atoms. The van der Waals surface area contributed by atoms with Gasteiger partial charge in [-0.25, -0.2) is 13.2 Å². The molecular formula is C20H21N3O5S. The Kier molecular flexibility index (Phi) is 5.18. The van der Waals surface area contributed by atoms with Gasteiger partial charge in [-0.05, 0) is 36.8 Å². The van der Waals surface area contributed by atoms with Crippen molar-refractivity contribution in [2.75, 3.05) is 24.2 Å². The summed E-state index contributed by atoms with van der Waals surface area (Å²) >= 11 is 0. The largest absolute Gasteiger partial charge is 0.325 e. The molecule has 2 aromatic carbocycles. The monoisotopic (exact) mass is 415 g/mol. The number of carbonyl (C=O) groups excluding carboxylic acids is 3. The molecule has 0 spiro atoms. The summed E-state index contributed by atoms with van der Waals surface area (Å²) in [5.41, 5.74) is 0.0578. The highest BCUT2D eigenvalue weighted by Gasteiger charge is 2.49. The number of sulfonamides is 1. The number of Topliss-reactive ketones (excluding diaryl/α,β-unsaturated/α-hetero) is 1. The number of nitrogens with zero attached hydrogens (tertiary/aromatic N) is 2. The van der Waals surface area contributed by atoms with E-state index in [0.717, 1.165) is 15.5 Å². The van der Waals surface area contributed by atoms with E-state index in [0.29, 0.717) is 11.3 Å². The minimum absolute atomic E-state index is 0.268. The Balaban J connectivity index is 1.77. The van der Waals surface area contributed by atoms with Gasteiger partial charge in [0.2, 0.25) is 10.0 Å². The summed E-state index contributed by atoms with van der Waals surface area (Å²) in [7, 11) is -2.01. The fourth-order valence-electron chi connectivity index (χ4n) is 3.09. The van der Waals surface area contributed by atoms with E-state index in [9.17, 15) is 22.8 Å². The lowest BCUT2D eigenvalue weighted by Crippen LogP contribution is -2.41. The van der Waals surface area contributed by atoms with E-state index in [4.69, 9.17) is 0 Å². The van der Waals surface area contributed by atoms with Gasteiger partial charge in [0.1, 0.15) is 5.54 Å². The minimum atomic E-state index is -3.42. The number of nitrogens with one attached hydrogen (secondary N) is 1. The Labute approximate surface area is 169 Å². The smallest absolute Gasteiger partial charge is 0.319 e. The Morgan fingerprint density at radius 2 is 1.66 bits per heavy atom. The van der Waals surface area contributed by atoms with Crippen molar-refractivity contribution in [1.82, 2.24) is 10.2 Å². The molecule has 1 heterocycles. The maximum absolute atomic E-state index is 12.9. The second-order valence-corrected chi connectivity index (χ2v) is 9.03. The van der Waals surface area contributed by atoms with Crippen molar-refractivity contribution >= 4 is 33.4 Å². The van der Waals surface area contributed by atoms with Crippen molar-refractivity contribution in [3.8, 4) is 0 Å². The molecule has 0 aromatic heterocycles. The fraction of sp³-hybridized carbons (Fsp3) is 0.250. The Morgan fingerprint density at radius 1 is 1.07 bits per heavy atom. The molecule has 8 nitrogen and oxygen atoms in total. The van der Waals surface area contributed by atoms with Crippen LogP contribution in [0, 0.1) is 0 Å². The van der Waals surface area contributed by atoms with Crippen LogP contribution in [0.25, 0.3) is 0 Å². The van der Waals surface area contributed by atoms with Crippen molar-refractivity contribution < 1.29 is 22.8 Å². The normalized spacial score (nSPS) is 19.2. The first-order chi connectivity index (χ1) is 13.5. The van der Waals surface area contributed by atoms with Gasteiger partial charge in [-0.1, -0.05) is 30.3 Å². The molecule has 0 bridgehead atoms. The second kappa shape index (κ2) is 7.32. The molecule has 3 rings (SSSR count). The van der Waals surface area contributed by atoms with Crippen LogP contribution in [-0.2, 0) is 20.4 Å². The first-order valence-electron chi connectivity index (χ1n) is 8.81. The van der Waals surface area contributed by atoms with Crippen LogP contribution in [0.1, 0.15) is 22.8 Å². The number of hydrogen-bond donors (Lipinski definition) is 1. The highest BCUT2D eigenvalue weighted by atomic mass is 32.2. The molecule has 1 aliphatic heterocycles. The maximum Gasteiger partial charge on any atom is 0.325 e. The van der Waals surface area contributed by atoms with E-state index in [1.807, 2.05) is 0 Å². The summed E-state index contributed by atoms with van der Waals surface area (Å²) in [6.07, 6.45) is 1.08. The van der Waals surface area contributed by atoms with Gasteiger partial charge < -0.3 is 5.32 Å². The highest BCUT2D eigenvalue weighted by Crippen LogP contribution is 2.28. The molecule has 152 valence electrons. The second-order valence-electron chi connectivity index (χ2n) is 7.01. The number of anilines is 1. The van der Waals surface area contributed by atoms with Crippen molar-refractivity contribution in [3.05, 3.63) is 65.7 Å². The first-order valence-corrected chi connectivity index (χ1v) is 10.7. The Bertz CT molecular complexity index is 1070. The number of amides is 3. The summed E-state index contributed by atoms with van der Waals surface area (Å²) in [6.45, 7) is 1.19. The third kappa shape index (κ3) is 3.86. The van der Waals surface area contributed by atoms with Gasteiger partial charge in [-0.2, -0.15) is 0 Å². The number of benzene rings is 2. The van der Waals surface area contributed by atoms with Crippen LogP contribution < -0.4 is 9.62 Å². The summed E-state index contributed by atoms with van der Waals surface area (Å²) in [5, 5.41) is 2.66. The van der Waals surface area contributed by atoms with Crippen LogP contribution in [0.5, 0.6) is 0 Å². The summed E-state index contributed by atoms with van der Waals surface area (Å²) in [6, 6.07) is 14.1. The van der Waals surface area contributed by atoms with Crippen molar-refractivity contribution in [1.29, 1.82) is 0 Å². The number of carbonyl (C=O) groups is 3. The van der Waals surface area contributed by atoms with Crippen LogP contribution in [0.2, 0.25) is 0 Å². The number of ketones is 1. The molecule has 9 heteroatoms. The van der Waals surface area contributed by atoms with E-state index < -0.39 is 39.8 Å². The van der Waals surface area contributed by atoms with Crippen molar-refractivity contribution in [3.63, 3.8) is 0 Å².